The molecule has 0 spiro atoms. The number of aryl methyl sites for hydroxylation is 3. The summed E-state index contributed by atoms with van der Waals surface area (Å²) in [5.41, 5.74) is 5.17. The van der Waals surface area contributed by atoms with Gasteiger partial charge in [-0.2, -0.15) is 0 Å². The number of carbonyl (C=O) groups is 3. The van der Waals surface area contributed by atoms with Crippen LogP contribution in [0.15, 0.2) is 72.3 Å². The summed E-state index contributed by atoms with van der Waals surface area (Å²) >= 11 is 0. The van der Waals surface area contributed by atoms with Crippen molar-refractivity contribution in [1.82, 2.24) is 5.32 Å². The second-order valence-electron chi connectivity index (χ2n) is 8.07. The van der Waals surface area contributed by atoms with Crippen molar-refractivity contribution >= 4 is 29.6 Å². The van der Waals surface area contributed by atoms with Crippen molar-refractivity contribution in [1.29, 1.82) is 0 Å². The number of barbiturate groups is 1. The van der Waals surface area contributed by atoms with Gasteiger partial charge in [0.15, 0.2) is 0 Å². The molecule has 33 heavy (non-hydrogen) atoms. The zero-order chi connectivity index (χ0) is 23.5. The maximum Gasteiger partial charge on any atom is 0.335 e. The van der Waals surface area contributed by atoms with Gasteiger partial charge in [0.2, 0.25) is 0 Å². The highest BCUT2D eigenvalue weighted by Crippen LogP contribution is 2.24. The summed E-state index contributed by atoms with van der Waals surface area (Å²) in [6.07, 6.45) is 1.47. The van der Waals surface area contributed by atoms with Crippen LogP contribution in [0.25, 0.3) is 6.08 Å². The normalized spacial score (nSPS) is 15.1. The molecule has 4 rings (SSSR count). The molecular formula is C27H24N2O4. The van der Waals surface area contributed by atoms with Crippen LogP contribution in [-0.2, 0) is 16.2 Å². The smallest absolute Gasteiger partial charge is 0.335 e. The van der Waals surface area contributed by atoms with Crippen molar-refractivity contribution in [2.45, 2.75) is 27.4 Å². The average molecular weight is 440 g/mol. The van der Waals surface area contributed by atoms with Crippen molar-refractivity contribution in [3.8, 4) is 5.75 Å². The molecule has 1 N–H and O–H groups in total. The van der Waals surface area contributed by atoms with E-state index in [0.29, 0.717) is 23.6 Å². The fourth-order valence-corrected chi connectivity index (χ4v) is 3.55. The maximum absolute atomic E-state index is 13.1. The van der Waals surface area contributed by atoms with Gasteiger partial charge in [-0.3, -0.25) is 14.9 Å². The fraction of sp³-hybridized carbons (Fsp3) is 0.148. The minimum absolute atomic E-state index is 0.110. The van der Waals surface area contributed by atoms with Gasteiger partial charge in [-0.15, -0.1) is 0 Å². The summed E-state index contributed by atoms with van der Waals surface area (Å²) in [7, 11) is 0. The predicted octanol–water partition coefficient (Wildman–Crippen LogP) is 4.86. The lowest BCUT2D eigenvalue weighted by atomic mass is 10.1. The van der Waals surface area contributed by atoms with E-state index in [2.05, 4.69) is 11.4 Å². The Kier molecular flexibility index (Phi) is 6.09. The number of urea groups is 1. The molecule has 1 aliphatic rings. The maximum atomic E-state index is 13.1. The third-order valence-corrected chi connectivity index (χ3v) is 5.53. The Labute approximate surface area is 192 Å². The number of hydrogen-bond donors (Lipinski definition) is 1. The lowest BCUT2D eigenvalue weighted by Crippen LogP contribution is -2.54. The lowest BCUT2D eigenvalue weighted by Gasteiger charge is -2.26. The Morgan fingerprint density at radius 3 is 2.33 bits per heavy atom. The van der Waals surface area contributed by atoms with E-state index < -0.39 is 17.8 Å². The van der Waals surface area contributed by atoms with Crippen molar-refractivity contribution in [3.05, 3.63) is 100 Å². The van der Waals surface area contributed by atoms with E-state index in [4.69, 9.17) is 4.74 Å². The monoisotopic (exact) mass is 440 g/mol. The molecule has 1 heterocycles. The molecule has 0 bridgehead atoms. The summed E-state index contributed by atoms with van der Waals surface area (Å²) in [4.78, 5) is 38.8. The molecule has 1 aliphatic heterocycles. The second-order valence-corrected chi connectivity index (χ2v) is 8.07. The van der Waals surface area contributed by atoms with Gasteiger partial charge >= 0.3 is 6.03 Å². The topological polar surface area (TPSA) is 75.7 Å². The van der Waals surface area contributed by atoms with Crippen LogP contribution in [0.3, 0.4) is 0 Å². The lowest BCUT2D eigenvalue weighted by molar-refractivity contribution is -0.122. The molecule has 0 atom stereocenters. The minimum Gasteiger partial charge on any atom is -0.489 e. The fourth-order valence-electron chi connectivity index (χ4n) is 3.55. The highest BCUT2D eigenvalue weighted by atomic mass is 16.5. The molecule has 6 nitrogen and oxygen atoms in total. The van der Waals surface area contributed by atoms with Gasteiger partial charge in [0.25, 0.3) is 11.8 Å². The Morgan fingerprint density at radius 2 is 1.64 bits per heavy atom. The zero-order valence-corrected chi connectivity index (χ0v) is 18.7. The van der Waals surface area contributed by atoms with E-state index in [-0.39, 0.29) is 5.57 Å². The van der Waals surface area contributed by atoms with Gasteiger partial charge in [0.1, 0.15) is 17.9 Å². The number of anilines is 1. The van der Waals surface area contributed by atoms with Crippen LogP contribution < -0.4 is 15.0 Å². The quantitative estimate of drug-likeness (QED) is 0.454. The second kappa shape index (κ2) is 9.12. The molecule has 4 amide bonds. The van der Waals surface area contributed by atoms with Crippen LogP contribution in [-0.4, -0.2) is 17.8 Å². The van der Waals surface area contributed by atoms with E-state index >= 15 is 0 Å². The van der Waals surface area contributed by atoms with Gasteiger partial charge in [0.05, 0.1) is 5.69 Å². The van der Waals surface area contributed by atoms with Crippen LogP contribution in [0.2, 0.25) is 0 Å². The third-order valence-electron chi connectivity index (χ3n) is 5.53. The molecule has 1 fully saturated rings. The number of benzene rings is 3. The van der Waals surface area contributed by atoms with Crippen molar-refractivity contribution in [2.75, 3.05) is 4.90 Å². The summed E-state index contributed by atoms with van der Waals surface area (Å²) in [6, 6.07) is 19.7. The minimum atomic E-state index is -0.759. The van der Waals surface area contributed by atoms with E-state index in [1.807, 2.05) is 45.0 Å². The number of carbonyl (C=O) groups excluding carboxylic acids is 3. The van der Waals surface area contributed by atoms with E-state index in [1.165, 1.54) is 11.6 Å². The molecule has 6 heteroatoms. The Morgan fingerprint density at radius 1 is 0.879 bits per heavy atom. The molecule has 0 radical (unpaired) electrons. The standard InChI is InChI=1S/C27H24N2O4/c1-17-5-4-6-21(13-17)16-33-23-11-8-20(9-12-23)15-24-25(30)28-27(32)29(26(24)31)22-10-7-18(2)19(3)14-22/h4-15H,16H2,1-3H3,(H,28,30,32)/b24-15+. The van der Waals surface area contributed by atoms with Gasteiger partial charge in [-0.25, -0.2) is 9.69 Å². The first kappa shape index (κ1) is 22.0. The molecule has 1 saturated heterocycles. The highest BCUT2D eigenvalue weighted by molar-refractivity contribution is 6.39. The summed E-state index contributed by atoms with van der Waals surface area (Å²) in [6.45, 7) is 6.31. The number of ether oxygens (including phenoxy) is 1. The molecule has 0 aliphatic carbocycles. The van der Waals surface area contributed by atoms with E-state index in [1.54, 1.807) is 36.4 Å². The summed E-state index contributed by atoms with van der Waals surface area (Å²) < 4.78 is 5.82. The number of hydrogen-bond acceptors (Lipinski definition) is 4. The van der Waals surface area contributed by atoms with Crippen molar-refractivity contribution in [3.63, 3.8) is 0 Å². The molecule has 0 saturated carbocycles. The first-order chi connectivity index (χ1) is 15.8. The largest absolute Gasteiger partial charge is 0.489 e. The van der Waals surface area contributed by atoms with Crippen LogP contribution in [0.5, 0.6) is 5.75 Å². The predicted molar refractivity (Wildman–Crippen MR) is 127 cm³/mol. The zero-order valence-electron chi connectivity index (χ0n) is 18.7. The van der Waals surface area contributed by atoms with Crippen LogP contribution >= 0.6 is 0 Å². The van der Waals surface area contributed by atoms with Gasteiger partial charge < -0.3 is 4.74 Å². The number of nitrogens with zero attached hydrogens (tertiary/aromatic N) is 1. The summed E-state index contributed by atoms with van der Waals surface area (Å²) in [5.74, 6) is -0.707. The SMILES string of the molecule is Cc1cccc(COc2ccc(/C=C3\C(=O)NC(=O)N(c4ccc(C)c(C)c4)C3=O)cc2)c1. The van der Waals surface area contributed by atoms with Crippen LogP contribution in [0.1, 0.15) is 27.8 Å². The Hall–Kier alpha value is -4.19. The number of nitrogens with one attached hydrogen (secondary N) is 1. The summed E-state index contributed by atoms with van der Waals surface area (Å²) in [5, 5.41) is 2.25. The van der Waals surface area contributed by atoms with Gasteiger partial charge in [-0.1, -0.05) is 48.0 Å². The van der Waals surface area contributed by atoms with Gasteiger partial charge in [0, 0.05) is 0 Å². The Bertz CT molecular complexity index is 1280. The molecule has 0 aromatic heterocycles. The molecular weight excluding hydrogens is 416 g/mol. The number of amides is 4. The first-order valence-electron chi connectivity index (χ1n) is 10.6. The Balaban J connectivity index is 1.53. The molecule has 166 valence electrons. The molecule has 3 aromatic carbocycles. The van der Waals surface area contributed by atoms with Gasteiger partial charge in [-0.05, 0) is 73.4 Å². The molecule has 0 unspecified atom stereocenters. The van der Waals surface area contributed by atoms with Crippen molar-refractivity contribution in [2.24, 2.45) is 0 Å². The van der Waals surface area contributed by atoms with Crippen molar-refractivity contribution < 1.29 is 19.1 Å². The highest BCUT2D eigenvalue weighted by Gasteiger charge is 2.36. The third kappa shape index (κ3) is 4.85. The number of rotatable bonds is 5. The van der Waals surface area contributed by atoms with E-state index in [9.17, 15) is 14.4 Å². The van der Waals surface area contributed by atoms with Crippen LogP contribution in [0, 0.1) is 20.8 Å². The first-order valence-corrected chi connectivity index (χ1v) is 10.6. The number of imide groups is 2. The average Bonchev–Trinajstić information content (AvgIpc) is 2.78. The van der Waals surface area contributed by atoms with E-state index in [0.717, 1.165) is 21.6 Å². The van der Waals surface area contributed by atoms with Crippen LogP contribution in [0.4, 0.5) is 10.5 Å². The molecule has 3 aromatic rings.